The van der Waals surface area contributed by atoms with Gasteiger partial charge in [0, 0.05) is 12.1 Å². The van der Waals surface area contributed by atoms with Gasteiger partial charge in [0.15, 0.2) is 0 Å². The summed E-state index contributed by atoms with van der Waals surface area (Å²) in [7, 11) is -3.31. The maximum Gasteiger partial charge on any atom is 0.216 e. The van der Waals surface area contributed by atoms with E-state index in [-0.39, 0.29) is 17.8 Å². The van der Waals surface area contributed by atoms with Crippen LogP contribution in [0.15, 0.2) is 30.3 Å². The lowest BCUT2D eigenvalue weighted by Crippen LogP contribution is -2.47. The Morgan fingerprint density at radius 3 is 2.53 bits per heavy atom. The summed E-state index contributed by atoms with van der Waals surface area (Å²) in [6.45, 7) is 0. The highest BCUT2D eigenvalue weighted by atomic mass is 32.2. The number of hydrogen-bond donors (Lipinski definition) is 2. The molecule has 0 amide bonds. The molecule has 19 heavy (non-hydrogen) atoms. The predicted molar refractivity (Wildman–Crippen MR) is 77.0 cm³/mol. The molecule has 1 fully saturated rings. The normalized spacial score (nSPS) is 24.9. The van der Waals surface area contributed by atoms with Crippen LogP contribution in [0.1, 0.15) is 37.7 Å². The van der Waals surface area contributed by atoms with Crippen LogP contribution >= 0.6 is 0 Å². The molecule has 106 valence electrons. The fourth-order valence-corrected chi connectivity index (χ4v) is 4.02. The minimum atomic E-state index is -3.31. The molecule has 0 aromatic heterocycles. The lowest BCUT2D eigenvalue weighted by atomic mass is 10.1. The first-order valence-electron chi connectivity index (χ1n) is 6.86. The predicted octanol–water partition coefficient (Wildman–Crippen LogP) is 1.77. The number of nitrogens with two attached hydrogens (primary N) is 1. The first-order valence-corrected chi connectivity index (χ1v) is 8.51. The van der Waals surface area contributed by atoms with E-state index in [1.54, 1.807) is 0 Å². The third kappa shape index (κ3) is 4.60. The summed E-state index contributed by atoms with van der Waals surface area (Å²) in [4.78, 5) is 0. The van der Waals surface area contributed by atoms with Gasteiger partial charge in [-0.25, -0.2) is 13.1 Å². The summed E-state index contributed by atoms with van der Waals surface area (Å²) in [5.41, 5.74) is 6.86. The van der Waals surface area contributed by atoms with E-state index < -0.39 is 10.0 Å². The maximum atomic E-state index is 12.2. The third-order valence-electron chi connectivity index (χ3n) is 3.60. The summed E-state index contributed by atoms with van der Waals surface area (Å²) < 4.78 is 27.1. The third-order valence-corrected chi connectivity index (χ3v) is 4.98. The standard InChI is InChI=1S/C14H22N2O2S/c15-13-9-5-2-6-10-14(13)16-19(17,18)11-12-7-3-1-4-8-12/h1,3-4,7-8,13-14,16H,2,5-6,9-11,15H2. The van der Waals surface area contributed by atoms with E-state index in [2.05, 4.69) is 4.72 Å². The number of rotatable bonds is 4. The first kappa shape index (κ1) is 14.5. The molecule has 0 aliphatic heterocycles. The van der Waals surface area contributed by atoms with Gasteiger partial charge in [0.25, 0.3) is 0 Å². The summed E-state index contributed by atoms with van der Waals surface area (Å²) in [6, 6.07) is 9.05. The lowest BCUT2D eigenvalue weighted by Gasteiger charge is -2.22. The van der Waals surface area contributed by atoms with Crippen molar-refractivity contribution in [2.45, 2.75) is 49.9 Å². The van der Waals surface area contributed by atoms with Crippen LogP contribution in [-0.4, -0.2) is 20.5 Å². The number of hydrogen-bond acceptors (Lipinski definition) is 3. The molecule has 1 aliphatic carbocycles. The number of sulfonamides is 1. The highest BCUT2D eigenvalue weighted by molar-refractivity contribution is 7.88. The molecule has 1 aromatic carbocycles. The molecule has 5 heteroatoms. The van der Waals surface area contributed by atoms with E-state index in [0.717, 1.165) is 37.7 Å². The Balaban J connectivity index is 2.00. The maximum absolute atomic E-state index is 12.2. The Hall–Kier alpha value is -0.910. The minimum absolute atomic E-state index is 0.0249. The van der Waals surface area contributed by atoms with Gasteiger partial charge in [0.2, 0.25) is 10.0 Å². The van der Waals surface area contributed by atoms with Crippen LogP contribution in [-0.2, 0) is 15.8 Å². The Kier molecular flexibility index (Phi) is 4.96. The highest BCUT2D eigenvalue weighted by Crippen LogP contribution is 2.18. The number of nitrogens with one attached hydrogen (secondary N) is 1. The van der Waals surface area contributed by atoms with E-state index in [4.69, 9.17) is 5.73 Å². The summed E-state index contributed by atoms with van der Waals surface area (Å²) in [6.07, 6.45) is 5.03. The summed E-state index contributed by atoms with van der Waals surface area (Å²) in [5, 5.41) is 0. The van der Waals surface area contributed by atoms with Crippen molar-refractivity contribution in [2.75, 3.05) is 0 Å². The van der Waals surface area contributed by atoms with Gasteiger partial charge in [-0.1, -0.05) is 49.6 Å². The highest BCUT2D eigenvalue weighted by Gasteiger charge is 2.25. The van der Waals surface area contributed by atoms with E-state index in [1.165, 1.54) is 0 Å². The molecule has 2 rings (SSSR count). The van der Waals surface area contributed by atoms with E-state index in [1.807, 2.05) is 30.3 Å². The second kappa shape index (κ2) is 6.50. The average molecular weight is 282 g/mol. The zero-order valence-electron chi connectivity index (χ0n) is 11.1. The molecule has 0 radical (unpaired) electrons. The van der Waals surface area contributed by atoms with E-state index >= 15 is 0 Å². The van der Waals surface area contributed by atoms with Crippen molar-refractivity contribution in [1.82, 2.24) is 4.72 Å². The Morgan fingerprint density at radius 1 is 1.11 bits per heavy atom. The van der Waals surface area contributed by atoms with Crippen molar-refractivity contribution in [3.63, 3.8) is 0 Å². The molecular formula is C14H22N2O2S. The molecule has 1 aliphatic rings. The van der Waals surface area contributed by atoms with Crippen LogP contribution in [0.2, 0.25) is 0 Å². The fraction of sp³-hybridized carbons (Fsp3) is 0.571. The molecule has 0 spiro atoms. The van der Waals surface area contributed by atoms with E-state index in [9.17, 15) is 8.42 Å². The van der Waals surface area contributed by atoms with Crippen LogP contribution in [0, 0.1) is 0 Å². The van der Waals surface area contributed by atoms with Gasteiger partial charge in [-0.15, -0.1) is 0 Å². The SMILES string of the molecule is NC1CCCCCC1NS(=O)(=O)Cc1ccccc1. The van der Waals surface area contributed by atoms with Crippen LogP contribution < -0.4 is 10.5 Å². The second-order valence-electron chi connectivity index (χ2n) is 5.27. The first-order chi connectivity index (χ1) is 9.07. The zero-order valence-corrected chi connectivity index (χ0v) is 11.9. The van der Waals surface area contributed by atoms with Crippen molar-refractivity contribution in [1.29, 1.82) is 0 Å². The molecular weight excluding hydrogens is 260 g/mol. The van der Waals surface area contributed by atoms with Crippen LogP contribution in [0.3, 0.4) is 0 Å². The van der Waals surface area contributed by atoms with Crippen molar-refractivity contribution in [3.05, 3.63) is 35.9 Å². The molecule has 1 saturated carbocycles. The van der Waals surface area contributed by atoms with Gasteiger partial charge in [0.05, 0.1) is 5.75 Å². The monoisotopic (exact) mass is 282 g/mol. The molecule has 0 bridgehead atoms. The van der Waals surface area contributed by atoms with Crippen LogP contribution in [0.25, 0.3) is 0 Å². The quantitative estimate of drug-likeness (QED) is 0.827. The smallest absolute Gasteiger partial charge is 0.216 e. The van der Waals surface area contributed by atoms with Crippen LogP contribution in [0.4, 0.5) is 0 Å². The topological polar surface area (TPSA) is 72.2 Å². The van der Waals surface area contributed by atoms with Crippen molar-refractivity contribution in [3.8, 4) is 0 Å². The van der Waals surface area contributed by atoms with Gasteiger partial charge >= 0.3 is 0 Å². The molecule has 0 saturated heterocycles. The fourth-order valence-electron chi connectivity index (χ4n) is 2.55. The Bertz CT molecular complexity index is 487. The summed E-state index contributed by atoms with van der Waals surface area (Å²) in [5.74, 6) is 0.0249. The molecule has 4 nitrogen and oxygen atoms in total. The van der Waals surface area contributed by atoms with Crippen molar-refractivity contribution in [2.24, 2.45) is 5.73 Å². The minimum Gasteiger partial charge on any atom is -0.326 e. The second-order valence-corrected chi connectivity index (χ2v) is 7.02. The molecule has 3 N–H and O–H groups in total. The molecule has 0 heterocycles. The molecule has 2 unspecified atom stereocenters. The number of benzene rings is 1. The molecule has 2 atom stereocenters. The van der Waals surface area contributed by atoms with Gasteiger partial charge in [-0.3, -0.25) is 0 Å². The van der Waals surface area contributed by atoms with Gasteiger partial charge in [-0.05, 0) is 18.4 Å². The average Bonchev–Trinajstić information content (AvgIpc) is 2.55. The van der Waals surface area contributed by atoms with Gasteiger partial charge in [-0.2, -0.15) is 0 Å². The van der Waals surface area contributed by atoms with Crippen molar-refractivity contribution < 1.29 is 8.42 Å². The zero-order chi connectivity index (χ0) is 13.7. The summed E-state index contributed by atoms with van der Waals surface area (Å²) >= 11 is 0. The largest absolute Gasteiger partial charge is 0.326 e. The van der Waals surface area contributed by atoms with E-state index in [0.29, 0.717) is 0 Å². The Labute approximate surface area is 115 Å². The molecule has 1 aromatic rings. The lowest BCUT2D eigenvalue weighted by molar-refractivity contribution is 0.456. The van der Waals surface area contributed by atoms with Crippen LogP contribution in [0.5, 0.6) is 0 Å². The van der Waals surface area contributed by atoms with Gasteiger partial charge in [0.1, 0.15) is 0 Å². The Morgan fingerprint density at radius 2 is 1.79 bits per heavy atom. The van der Waals surface area contributed by atoms with Crippen molar-refractivity contribution >= 4 is 10.0 Å². The van der Waals surface area contributed by atoms with Gasteiger partial charge < -0.3 is 5.73 Å².